The molecule has 0 atom stereocenters. The topological polar surface area (TPSA) is 29.0 Å². The van der Waals surface area contributed by atoms with Gasteiger partial charge in [-0.3, -0.25) is 5.73 Å². The van der Waals surface area contributed by atoms with E-state index in [0.717, 1.165) is 5.84 Å². The van der Waals surface area contributed by atoms with Crippen molar-refractivity contribution in [2.75, 3.05) is 7.05 Å². The van der Waals surface area contributed by atoms with E-state index in [9.17, 15) is 17.3 Å². The molecule has 0 aliphatic carbocycles. The van der Waals surface area contributed by atoms with Gasteiger partial charge >= 0.3 is 7.25 Å². The molecule has 0 unspecified atom stereocenters. The second kappa shape index (κ2) is 4.63. The summed E-state index contributed by atoms with van der Waals surface area (Å²) >= 11 is 0. The Bertz CT molecular complexity index is 474. The number of halogens is 4. The number of hydrogen-bond donors (Lipinski definition) is 1. The SMILES string of the molecule is C[N+]1=C(N)C(C)(C)c2ccccc21.F[B-](F)(F)F. The van der Waals surface area contributed by atoms with Crippen molar-refractivity contribution in [3.05, 3.63) is 29.8 Å². The van der Waals surface area contributed by atoms with Crippen molar-refractivity contribution in [2.45, 2.75) is 19.3 Å². The van der Waals surface area contributed by atoms with Crippen molar-refractivity contribution in [1.29, 1.82) is 0 Å². The first-order valence-electron chi connectivity index (χ1n) is 5.38. The molecule has 0 saturated carbocycles. The molecule has 0 amide bonds. The van der Waals surface area contributed by atoms with Crippen LogP contribution in [-0.2, 0) is 5.41 Å². The molecule has 2 N–H and O–H groups in total. The molecule has 100 valence electrons. The normalized spacial score (nSPS) is 17.1. The van der Waals surface area contributed by atoms with Crippen molar-refractivity contribution in [3.8, 4) is 0 Å². The summed E-state index contributed by atoms with van der Waals surface area (Å²) in [4.78, 5) is 0. The van der Waals surface area contributed by atoms with E-state index in [2.05, 4.69) is 36.6 Å². The van der Waals surface area contributed by atoms with Crippen molar-refractivity contribution in [1.82, 2.24) is 0 Å². The number of hydrogen-bond acceptors (Lipinski definition) is 1. The van der Waals surface area contributed by atoms with E-state index in [0.29, 0.717) is 0 Å². The number of nitrogens with zero attached hydrogens (tertiary/aromatic N) is 1. The van der Waals surface area contributed by atoms with Crippen LogP contribution in [-0.4, -0.2) is 24.7 Å². The van der Waals surface area contributed by atoms with Crippen LogP contribution in [0.15, 0.2) is 24.3 Å². The number of benzene rings is 1. The van der Waals surface area contributed by atoms with E-state index in [1.165, 1.54) is 11.3 Å². The smallest absolute Gasteiger partial charge is 0.418 e. The summed E-state index contributed by atoms with van der Waals surface area (Å²) in [6.45, 7) is 4.31. The van der Waals surface area contributed by atoms with Gasteiger partial charge < -0.3 is 17.3 Å². The van der Waals surface area contributed by atoms with E-state index in [4.69, 9.17) is 5.73 Å². The molecule has 0 aromatic heterocycles. The first kappa shape index (κ1) is 14.5. The first-order valence-corrected chi connectivity index (χ1v) is 5.38. The third kappa shape index (κ3) is 3.03. The average Bonchev–Trinajstić information content (AvgIpc) is 2.40. The number of para-hydroxylation sites is 1. The average molecular weight is 262 g/mol. The van der Waals surface area contributed by atoms with Gasteiger partial charge in [0.2, 0.25) is 0 Å². The third-order valence-corrected chi connectivity index (χ3v) is 2.94. The Morgan fingerprint density at radius 2 is 1.56 bits per heavy atom. The van der Waals surface area contributed by atoms with Gasteiger partial charge in [0.15, 0.2) is 0 Å². The second-order valence-corrected chi connectivity index (χ2v) is 4.58. The van der Waals surface area contributed by atoms with Crippen molar-refractivity contribution >= 4 is 18.8 Å². The molecule has 0 spiro atoms. The molecule has 1 aromatic rings. The maximum atomic E-state index is 9.75. The fourth-order valence-corrected chi connectivity index (χ4v) is 1.98. The molecule has 0 fully saturated rings. The lowest BCUT2D eigenvalue weighted by Gasteiger charge is -2.13. The lowest BCUT2D eigenvalue weighted by Crippen LogP contribution is -2.35. The van der Waals surface area contributed by atoms with Gasteiger partial charge in [0.25, 0.3) is 5.84 Å². The zero-order valence-corrected chi connectivity index (χ0v) is 10.4. The van der Waals surface area contributed by atoms with Gasteiger partial charge in [0.1, 0.15) is 5.69 Å². The molecular formula is C11H15BF4N2. The van der Waals surface area contributed by atoms with Crippen molar-refractivity contribution in [2.24, 2.45) is 5.73 Å². The second-order valence-electron chi connectivity index (χ2n) is 4.58. The van der Waals surface area contributed by atoms with Crippen LogP contribution < -0.4 is 5.73 Å². The van der Waals surface area contributed by atoms with Crippen molar-refractivity contribution < 1.29 is 21.8 Å². The van der Waals surface area contributed by atoms with Crippen molar-refractivity contribution in [3.63, 3.8) is 0 Å². The maximum absolute atomic E-state index is 9.75. The zero-order valence-electron chi connectivity index (χ0n) is 10.4. The van der Waals surface area contributed by atoms with Gasteiger partial charge in [-0.1, -0.05) is 18.2 Å². The Balaban J connectivity index is 0.000000280. The number of amidine groups is 1. The van der Waals surface area contributed by atoms with Crippen LogP contribution in [0.25, 0.3) is 0 Å². The van der Waals surface area contributed by atoms with E-state index in [1.807, 2.05) is 13.1 Å². The van der Waals surface area contributed by atoms with Crippen LogP contribution in [0.1, 0.15) is 19.4 Å². The van der Waals surface area contributed by atoms with E-state index in [-0.39, 0.29) is 5.41 Å². The quantitative estimate of drug-likeness (QED) is 0.434. The van der Waals surface area contributed by atoms with E-state index >= 15 is 0 Å². The predicted octanol–water partition coefficient (Wildman–Crippen LogP) is 2.91. The monoisotopic (exact) mass is 262 g/mol. The summed E-state index contributed by atoms with van der Waals surface area (Å²) in [5.41, 5.74) is 8.57. The minimum absolute atomic E-state index is 0.0225. The Kier molecular flexibility index (Phi) is 3.74. The minimum atomic E-state index is -6.00. The molecular weight excluding hydrogens is 247 g/mol. The Labute approximate surface area is 103 Å². The molecule has 1 aliphatic rings. The van der Waals surface area contributed by atoms with Gasteiger partial charge in [-0.15, -0.1) is 0 Å². The summed E-state index contributed by atoms with van der Waals surface area (Å²) in [6.07, 6.45) is 0. The van der Waals surface area contributed by atoms with Gasteiger partial charge in [0, 0.05) is 5.56 Å². The van der Waals surface area contributed by atoms with Gasteiger partial charge in [-0.2, -0.15) is 0 Å². The third-order valence-electron chi connectivity index (χ3n) is 2.94. The lowest BCUT2D eigenvalue weighted by atomic mass is 9.85. The summed E-state index contributed by atoms with van der Waals surface area (Å²) in [7, 11) is -3.98. The Hall–Kier alpha value is -1.53. The molecule has 7 heteroatoms. The molecule has 1 aromatic carbocycles. The zero-order chi connectivity index (χ0) is 14.1. The van der Waals surface area contributed by atoms with Crippen LogP contribution in [0.3, 0.4) is 0 Å². The van der Waals surface area contributed by atoms with E-state index < -0.39 is 7.25 Å². The molecule has 1 aliphatic heterocycles. The lowest BCUT2D eigenvalue weighted by molar-refractivity contribution is -0.403. The van der Waals surface area contributed by atoms with Gasteiger partial charge in [-0.05, 0) is 19.9 Å². The highest BCUT2D eigenvalue weighted by atomic mass is 19.5. The molecule has 0 bridgehead atoms. The fourth-order valence-electron chi connectivity index (χ4n) is 1.98. The molecule has 18 heavy (non-hydrogen) atoms. The predicted molar refractivity (Wildman–Crippen MR) is 64.7 cm³/mol. The van der Waals surface area contributed by atoms with Crippen LogP contribution in [0.4, 0.5) is 23.0 Å². The fraction of sp³-hybridized carbons (Fsp3) is 0.364. The molecule has 1 heterocycles. The van der Waals surface area contributed by atoms with Crippen LogP contribution >= 0.6 is 0 Å². The molecule has 2 nitrogen and oxygen atoms in total. The largest absolute Gasteiger partial charge is 0.673 e. The number of rotatable bonds is 0. The van der Waals surface area contributed by atoms with Gasteiger partial charge in [0.05, 0.1) is 12.5 Å². The van der Waals surface area contributed by atoms with Gasteiger partial charge in [-0.25, -0.2) is 4.58 Å². The minimum Gasteiger partial charge on any atom is -0.418 e. The highest BCUT2D eigenvalue weighted by Crippen LogP contribution is 2.36. The first-order chi connectivity index (χ1) is 8.05. The summed E-state index contributed by atoms with van der Waals surface area (Å²) in [5, 5.41) is 0. The Morgan fingerprint density at radius 1 is 1.11 bits per heavy atom. The van der Waals surface area contributed by atoms with Crippen LogP contribution in [0, 0.1) is 0 Å². The van der Waals surface area contributed by atoms with Crippen LogP contribution in [0.2, 0.25) is 0 Å². The Morgan fingerprint density at radius 3 is 2.00 bits per heavy atom. The number of nitrogens with two attached hydrogens (primary N) is 1. The molecule has 0 saturated heterocycles. The van der Waals surface area contributed by atoms with E-state index in [1.54, 1.807) is 0 Å². The van der Waals surface area contributed by atoms with Crippen LogP contribution in [0.5, 0.6) is 0 Å². The summed E-state index contributed by atoms with van der Waals surface area (Å²) in [5.74, 6) is 0.925. The molecule has 2 rings (SSSR count). The standard InChI is InChI=1S/C11H14N2.BF4/c1-11(2)8-6-4-5-7-9(8)13(3)10(11)12;2-1(3,4)5/h4-7,12H,1-3H3;/q;-1/p+1. The highest BCUT2D eigenvalue weighted by Gasteiger charge is 2.40. The maximum Gasteiger partial charge on any atom is 0.673 e. The highest BCUT2D eigenvalue weighted by molar-refractivity contribution is 6.50. The summed E-state index contributed by atoms with van der Waals surface area (Å²) in [6, 6.07) is 8.36. The number of fused-ring (bicyclic) bond motifs is 1. The molecule has 0 radical (unpaired) electrons. The summed E-state index contributed by atoms with van der Waals surface area (Å²) < 4.78 is 41.1.